The number of hydrogen-bond acceptors (Lipinski definition) is 3. The molecule has 0 aromatic heterocycles. The van der Waals surface area contributed by atoms with Crippen LogP contribution in [0.5, 0.6) is 0 Å². The van der Waals surface area contributed by atoms with Crippen molar-refractivity contribution in [2.75, 3.05) is 33.2 Å². The zero-order valence-electron chi connectivity index (χ0n) is 11.0. The second-order valence-corrected chi connectivity index (χ2v) is 4.54. The van der Waals surface area contributed by atoms with Gasteiger partial charge in [0.2, 0.25) is 11.8 Å². The topological polar surface area (TPSA) is 52.7 Å². The molecule has 1 unspecified atom stereocenters. The Morgan fingerprint density at radius 2 is 1.94 bits per heavy atom. The molecule has 5 nitrogen and oxygen atoms in total. The molecule has 1 heterocycles. The van der Waals surface area contributed by atoms with Crippen molar-refractivity contribution in [3.8, 4) is 0 Å². The Labute approximate surface area is 103 Å². The molecular weight excluding hydrogens is 218 g/mol. The molecule has 5 heteroatoms. The van der Waals surface area contributed by atoms with Crippen molar-refractivity contribution < 1.29 is 9.59 Å². The van der Waals surface area contributed by atoms with E-state index in [9.17, 15) is 9.59 Å². The fourth-order valence-corrected chi connectivity index (χ4v) is 1.85. The van der Waals surface area contributed by atoms with Gasteiger partial charge >= 0.3 is 0 Å². The first kappa shape index (κ1) is 14.0. The van der Waals surface area contributed by atoms with E-state index in [0.29, 0.717) is 6.54 Å². The maximum absolute atomic E-state index is 11.9. The summed E-state index contributed by atoms with van der Waals surface area (Å²) in [4.78, 5) is 27.0. The largest absolute Gasteiger partial charge is 0.345 e. The van der Waals surface area contributed by atoms with Gasteiger partial charge in [0.25, 0.3) is 0 Å². The molecule has 0 saturated carbocycles. The number of nitrogens with one attached hydrogen (secondary N) is 1. The number of carbonyl (C=O) groups is 2. The molecule has 0 aromatic carbocycles. The summed E-state index contributed by atoms with van der Waals surface area (Å²) in [5.41, 5.74) is 0. The lowest BCUT2D eigenvalue weighted by Crippen LogP contribution is -2.47. The zero-order chi connectivity index (χ0) is 12.8. The van der Waals surface area contributed by atoms with E-state index in [-0.39, 0.29) is 24.4 Å². The van der Waals surface area contributed by atoms with Crippen LogP contribution in [0.1, 0.15) is 26.7 Å². The summed E-state index contributed by atoms with van der Waals surface area (Å²) in [7, 11) is 1.76. The van der Waals surface area contributed by atoms with Gasteiger partial charge in [-0.2, -0.15) is 0 Å². The average Bonchev–Trinajstić information content (AvgIpc) is 2.87. The van der Waals surface area contributed by atoms with Crippen molar-refractivity contribution in [1.29, 1.82) is 0 Å². The molecule has 1 rings (SSSR count). The third-order valence-electron chi connectivity index (χ3n) is 3.25. The molecule has 0 spiro atoms. The summed E-state index contributed by atoms with van der Waals surface area (Å²) in [6, 6.07) is -0.276. The van der Waals surface area contributed by atoms with E-state index in [1.165, 1.54) is 0 Å². The normalized spacial score (nSPS) is 17.0. The Bertz CT molecular complexity index is 275. The Hall–Kier alpha value is -1.10. The first-order valence-electron chi connectivity index (χ1n) is 6.32. The molecule has 1 atom stereocenters. The third kappa shape index (κ3) is 4.00. The van der Waals surface area contributed by atoms with E-state index in [1.54, 1.807) is 11.9 Å². The van der Waals surface area contributed by atoms with Crippen LogP contribution in [0.3, 0.4) is 0 Å². The fourth-order valence-electron chi connectivity index (χ4n) is 1.85. The highest BCUT2D eigenvalue weighted by Gasteiger charge is 2.23. The molecule has 98 valence electrons. The van der Waals surface area contributed by atoms with Gasteiger partial charge in [0.15, 0.2) is 0 Å². The Kier molecular flexibility index (Phi) is 5.41. The number of likely N-dealkylation sites (tertiary alicyclic amines) is 1. The number of likely N-dealkylation sites (N-methyl/N-ethyl adjacent to an activating group) is 1. The second kappa shape index (κ2) is 6.59. The second-order valence-electron chi connectivity index (χ2n) is 4.54. The number of rotatable bonds is 5. The van der Waals surface area contributed by atoms with Crippen molar-refractivity contribution in [3.05, 3.63) is 0 Å². The summed E-state index contributed by atoms with van der Waals surface area (Å²) in [5.74, 6) is 0.128. The van der Waals surface area contributed by atoms with E-state index in [0.717, 1.165) is 25.9 Å². The summed E-state index contributed by atoms with van der Waals surface area (Å²) >= 11 is 0. The van der Waals surface area contributed by atoms with Gasteiger partial charge in [0.05, 0.1) is 12.6 Å². The van der Waals surface area contributed by atoms with E-state index >= 15 is 0 Å². The van der Waals surface area contributed by atoms with Crippen molar-refractivity contribution in [1.82, 2.24) is 15.1 Å². The maximum Gasteiger partial charge on any atom is 0.239 e. The molecule has 0 aromatic rings. The SMILES string of the molecule is CCN(C)C(=O)CNC(C)C(=O)N1CCCC1. The molecule has 1 saturated heterocycles. The van der Waals surface area contributed by atoms with Gasteiger partial charge in [0.1, 0.15) is 0 Å². The molecule has 1 aliphatic heterocycles. The maximum atomic E-state index is 11.9. The molecule has 2 amide bonds. The minimum Gasteiger partial charge on any atom is -0.345 e. The van der Waals surface area contributed by atoms with E-state index in [4.69, 9.17) is 0 Å². The Morgan fingerprint density at radius 1 is 1.35 bits per heavy atom. The van der Waals surface area contributed by atoms with E-state index < -0.39 is 0 Å². The summed E-state index contributed by atoms with van der Waals surface area (Å²) in [5, 5.41) is 2.99. The van der Waals surface area contributed by atoms with E-state index in [2.05, 4.69) is 5.32 Å². The highest BCUT2D eigenvalue weighted by molar-refractivity contribution is 5.83. The lowest BCUT2D eigenvalue weighted by atomic mass is 10.3. The predicted molar refractivity (Wildman–Crippen MR) is 66.6 cm³/mol. The third-order valence-corrected chi connectivity index (χ3v) is 3.25. The molecule has 0 radical (unpaired) electrons. The minimum atomic E-state index is -0.276. The monoisotopic (exact) mass is 241 g/mol. The van der Waals surface area contributed by atoms with Crippen LogP contribution in [-0.2, 0) is 9.59 Å². The van der Waals surface area contributed by atoms with Crippen LogP contribution in [0.4, 0.5) is 0 Å². The summed E-state index contributed by atoms with van der Waals surface area (Å²) in [6.07, 6.45) is 2.19. The average molecular weight is 241 g/mol. The highest BCUT2D eigenvalue weighted by Crippen LogP contribution is 2.08. The van der Waals surface area contributed by atoms with Crippen LogP contribution in [0.25, 0.3) is 0 Å². The van der Waals surface area contributed by atoms with Gasteiger partial charge in [-0.25, -0.2) is 0 Å². The van der Waals surface area contributed by atoms with Crippen LogP contribution < -0.4 is 5.32 Å². The van der Waals surface area contributed by atoms with Crippen LogP contribution in [0, 0.1) is 0 Å². The number of amides is 2. The van der Waals surface area contributed by atoms with Gasteiger partial charge in [-0.15, -0.1) is 0 Å². The van der Waals surface area contributed by atoms with Crippen LogP contribution >= 0.6 is 0 Å². The van der Waals surface area contributed by atoms with Gasteiger partial charge < -0.3 is 9.80 Å². The van der Waals surface area contributed by atoms with E-state index in [1.807, 2.05) is 18.7 Å². The first-order chi connectivity index (χ1) is 8.06. The van der Waals surface area contributed by atoms with Gasteiger partial charge in [-0.05, 0) is 26.7 Å². The lowest BCUT2D eigenvalue weighted by Gasteiger charge is -2.22. The molecule has 1 N–H and O–H groups in total. The minimum absolute atomic E-state index is 0.0218. The molecule has 0 aliphatic carbocycles. The lowest BCUT2D eigenvalue weighted by molar-refractivity contribution is -0.132. The first-order valence-corrected chi connectivity index (χ1v) is 6.32. The van der Waals surface area contributed by atoms with Crippen LogP contribution in [-0.4, -0.2) is 60.9 Å². The summed E-state index contributed by atoms with van der Waals surface area (Å²) < 4.78 is 0. The molecule has 17 heavy (non-hydrogen) atoms. The van der Waals surface area contributed by atoms with Crippen molar-refractivity contribution in [3.63, 3.8) is 0 Å². The van der Waals surface area contributed by atoms with Crippen LogP contribution in [0.15, 0.2) is 0 Å². The number of carbonyl (C=O) groups excluding carboxylic acids is 2. The zero-order valence-corrected chi connectivity index (χ0v) is 11.0. The van der Waals surface area contributed by atoms with Gasteiger partial charge in [-0.1, -0.05) is 0 Å². The van der Waals surface area contributed by atoms with Crippen molar-refractivity contribution in [2.45, 2.75) is 32.7 Å². The quantitative estimate of drug-likeness (QED) is 0.741. The Morgan fingerprint density at radius 3 is 2.47 bits per heavy atom. The Balaban J connectivity index is 2.31. The van der Waals surface area contributed by atoms with Gasteiger partial charge in [-0.3, -0.25) is 14.9 Å². The van der Waals surface area contributed by atoms with Crippen LogP contribution in [0.2, 0.25) is 0 Å². The molecular formula is C12H23N3O2. The van der Waals surface area contributed by atoms with Crippen molar-refractivity contribution >= 4 is 11.8 Å². The van der Waals surface area contributed by atoms with Crippen molar-refractivity contribution in [2.24, 2.45) is 0 Å². The van der Waals surface area contributed by atoms with Gasteiger partial charge in [0, 0.05) is 26.7 Å². The number of hydrogen-bond donors (Lipinski definition) is 1. The summed E-state index contributed by atoms with van der Waals surface area (Å²) in [6.45, 7) is 6.37. The highest BCUT2D eigenvalue weighted by atomic mass is 16.2. The number of nitrogens with zero attached hydrogens (tertiary/aromatic N) is 2. The molecule has 1 aliphatic rings. The molecule has 0 bridgehead atoms. The standard InChI is InChI=1S/C12H23N3O2/c1-4-14(3)11(16)9-13-10(2)12(17)15-7-5-6-8-15/h10,13H,4-9H2,1-3H3. The fraction of sp³-hybridized carbons (Fsp3) is 0.833. The predicted octanol–water partition coefficient (Wildman–Crippen LogP) is 0.0652. The molecule has 1 fully saturated rings. The smallest absolute Gasteiger partial charge is 0.239 e.